The molecule has 0 unspecified atom stereocenters. The number of aromatic nitrogens is 4. The fourth-order valence-corrected chi connectivity index (χ4v) is 2.59. The van der Waals surface area contributed by atoms with Crippen LogP contribution in [0.2, 0.25) is 0 Å². The number of anilines is 1. The summed E-state index contributed by atoms with van der Waals surface area (Å²) in [6.45, 7) is 1.10. The van der Waals surface area contributed by atoms with E-state index >= 15 is 0 Å². The number of nitrogens with one attached hydrogen (secondary N) is 2. The third-order valence-electron chi connectivity index (χ3n) is 2.98. The van der Waals surface area contributed by atoms with Gasteiger partial charge in [-0.2, -0.15) is 5.10 Å². The van der Waals surface area contributed by atoms with Crippen LogP contribution in [0.15, 0.2) is 30.0 Å². The number of thiophene rings is 1. The Balaban J connectivity index is 1.56. The van der Waals surface area contributed by atoms with E-state index in [2.05, 4.69) is 25.7 Å². The lowest BCUT2D eigenvalue weighted by Gasteiger charge is -2.07. The van der Waals surface area contributed by atoms with Gasteiger partial charge in [0.15, 0.2) is 5.65 Å². The highest BCUT2D eigenvalue weighted by molar-refractivity contribution is 7.12. The maximum atomic E-state index is 11.8. The lowest BCUT2D eigenvalue weighted by atomic mass is 10.4. The Labute approximate surface area is 125 Å². The monoisotopic (exact) mass is 302 g/mol. The van der Waals surface area contributed by atoms with Gasteiger partial charge < -0.3 is 10.6 Å². The minimum atomic E-state index is -0.0546. The van der Waals surface area contributed by atoms with Crippen molar-refractivity contribution in [3.05, 3.63) is 34.9 Å². The van der Waals surface area contributed by atoms with E-state index in [-0.39, 0.29) is 5.91 Å². The molecule has 0 saturated heterocycles. The van der Waals surface area contributed by atoms with Gasteiger partial charge in [0.2, 0.25) is 0 Å². The summed E-state index contributed by atoms with van der Waals surface area (Å²) >= 11 is 1.43. The first-order valence-corrected chi connectivity index (χ1v) is 7.32. The van der Waals surface area contributed by atoms with Crippen molar-refractivity contribution in [3.63, 3.8) is 0 Å². The minimum absolute atomic E-state index is 0.0546. The van der Waals surface area contributed by atoms with Gasteiger partial charge >= 0.3 is 0 Å². The summed E-state index contributed by atoms with van der Waals surface area (Å²) in [5, 5.41) is 12.9. The van der Waals surface area contributed by atoms with Gasteiger partial charge in [0, 0.05) is 20.1 Å². The van der Waals surface area contributed by atoms with Gasteiger partial charge in [-0.3, -0.25) is 9.48 Å². The quantitative estimate of drug-likeness (QED) is 0.693. The molecule has 0 aromatic carbocycles. The van der Waals surface area contributed by atoms with E-state index in [4.69, 9.17) is 0 Å². The third-order valence-corrected chi connectivity index (χ3v) is 3.85. The largest absolute Gasteiger partial charge is 0.368 e. The van der Waals surface area contributed by atoms with Gasteiger partial charge in [-0.25, -0.2) is 9.97 Å². The number of rotatable bonds is 5. The Morgan fingerprint density at radius 2 is 2.29 bits per heavy atom. The predicted octanol–water partition coefficient (Wildman–Crippen LogP) is 1.27. The smallest absolute Gasteiger partial charge is 0.261 e. The molecule has 8 heteroatoms. The van der Waals surface area contributed by atoms with Crippen molar-refractivity contribution >= 4 is 34.1 Å². The number of amides is 1. The van der Waals surface area contributed by atoms with Crippen molar-refractivity contribution in [3.8, 4) is 0 Å². The van der Waals surface area contributed by atoms with Crippen molar-refractivity contribution in [1.29, 1.82) is 0 Å². The second-order valence-electron chi connectivity index (χ2n) is 4.39. The summed E-state index contributed by atoms with van der Waals surface area (Å²) < 4.78 is 1.70. The highest BCUT2D eigenvalue weighted by Crippen LogP contribution is 2.17. The number of hydrogen-bond donors (Lipinski definition) is 2. The third kappa shape index (κ3) is 2.84. The van der Waals surface area contributed by atoms with Crippen molar-refractivity contribution in [1.82, 2.24) is 25.1 Å². The Morgan fingerprint density at radius 1 is 1.38 bits per heavy atom. The van der Waals surface area contributed by atoms with Crippen molar-refractivity contribution in [2.45, 2.75) is 0 Å². The molecule has 0 radical (unpaired) electrons. The summed E-state index contributed by atoms with van der Waals surface area (Å²) in [5.41, 5.74) is 0.773. The van der Waals surface area contributed by atoms with E-state index < -0.39 is 0 Å². The van der Waals surface area contributed by atoms with Crippen LogP contribution < -0.4 is 10.6 Å². The topological polar surface area (TPSA) is 84.7 Å². The van der Waals surface area contributed by atoms with Crippen molar-refractivity contribution in [2.75, 3.05) is 18.4 Å². The Bertz CT molecular complexity index is 751. The molecular weight excluding hydrogens is 288 g/mol. The number of hydrogen-bond acceptors (Lipinski definition) is 6. The first-order valence-electron chi connectivity index (χ1n) is 6.44. The molecule has 0 spiro atoms. The van der Waals surface area contributed by atoms with Crippen molar-refractivity contribution in [2.24, 2.45) is 7.05 Å². The molecule has 0 aliphatic rings. The van der Waals surface area contributed by atoms with Crippen LogP contribution >= 0.6 is 11.3 Å². The van der Waals surface area contributed by atoms with Gasteiger partial charge in [-0.05, 0) is 11.4 Å². The Kier molecular flexibility index (Phi) is 3.78. The van der Waals surface area contributed by atoms with E-state index in [9.17, 15) is 4.79 Å². The van der Waals surface area contributed by atoms with E-state index in [0.717, 1.165) is 16.9 Å². The van der Waals surface area contributed by atoms with E-state index in [1.807, 2.05) is 18.5 Å². The lowest BCUT2D eigenvalue weighted by molar-refractivity contribution is 0.0959. The van der Waals surface area contributed by atoms with Crippen molar-refractivity contribution < 1.29 is 4.79 Å². The van der Waals surface area contributed by atoms with Gasteiger partial charge in [0.1, 0.15) is 12.1 Å². The van der Waals surface area contributed by atoms with Crippen LogP contribution in [0.1, 0.15) is 9.67 Å². The minimum Gasteiger partial charge on any atom is -0.368 e. The summed E-state index contributed by atoms with van der Waals surface area (Å²) in [4.78, 5) is 20.9. The number of carbonyl (C=O) groups excluding carboxylic acids is 1. The van der Waals surface area contributed by atoms with Crippen LogP contribution in [0.3, 0.4) is 0 Å². The molecule has 21 heavy (non-hydrogen) atoms. The molecule has 1 amide bonds. The van der Waals surface area contributed by atoms with Crippen LogP contribution in [-0.2, 0) is 7.05 Å². The summed E-state index contributed by atoms with van der Waals surface area (Å²) in [5.74, 6) is 0.666. The number of nitrogens with zero attached hydrogens (tertiary/aromatic N) is 4. The molecule has 0 aliphatic carbocycles. The first kappa shape index (κ1) is 13.5. The first-order chi connectivity index (χ1) is 10.3. The fourth-order valence-electron chi connectivity index (χ4n) is 1.95. The number of aryl methyl sites for hydroxylation is 1. The summed E-state index contributed by atoms with van der Waals surface area (Å²) in [6, 6.07) is 3.66. The second-order valence-corrected chi connectivity index (χ2v) is 5.34. The zero-order valence-corrected chi connectivity index (χ0v) is 12.2. The number of carbonyl (C=O) groups is 1. The highest BCUT2D eigenvalue weighted by Gasteiger charge is 2.08. The maximum Gasteiger partial charge on any atom is 0.261 e. The summed E-state index contributed by atoms with van der Waals surface area (Å²) in [7, 11) is 1.83. The van der Waals surface area contributed by atoms with Gasteiger partial charge in [-0.1, -0.05) is 6.07 Å². The molecule has 0 atom stereocenters. The Morgan fingerprint density at radius 3 is 3.10 bits per heavy atom. The van der Waals surface area contributed by atoms with E-state index in [1.165, 1.54) is 17.7 Å². The van der Waals surface area contributed by atoms with Crippen LogP contribution in [-0.4, -0.2) is 38.7 Å². The molecule has 2 N–H and O–H groups in total. The molecule has 3 aromatic rings. The van der Waals surface area contributed by atoms with Crippen LogP contribution in [0.4, 0.5) is 5.82 Å². The predicted molar refractivity (Wildman–Crippen MR) is 81.4 cm³/mol. The molecule has 3 rings (SSSR count). The second kappa shape index (κ2) is 5.88. The normalized spacial score (nSPS) is 10.7. The molecule has 3 aromatic heterocycles. The molecule has 7 nitrogen and oxygen atoms in total. The lowest BCUT2D eigenvalue weighted by Crippen LogP contribution is -2.28. The van der Waals surface area contributed by atoms with Gasteiger partial charge in [-0.15, -0.1) is 11.3 Å². The average molecular weight is 302 g/mol. The van der Waals surface area contributed by atoms with E-state index in [0.29, 0.717) is 18.0 Å². The van der Waals surface area contributed by atoms with Gasteiger partial charge in [0.05, 0.1) is 16.5 Å². The Hall–Kier alpha value is -2.48. The van der Waals surface area contributed by atoms with E-state index in [1.54, 1.807) is 16.9 Å². The molecule has 108 valence electrons. The average Bonchev–Trinajstić information content (AvgIpc) is 3.14. The standard InChI is InChI=1S/C13H14N6OS/c1-19-12-9(7-18-19)11(16-8-17-12)14-4-5-15-13(20)10-3-2-6-21-10/h2-3,6-8H,4-5H2,1H3,(H,15,20)(H,14,16,17). The number of fused-ring (bicyclic) bond motifs is 1. The summed E-state index contributed by atoms with van der Waals surface area (Å²) in [6.07, 6.45) is 3.22. The molecule has 0 saturated carbocycles. The fraction of sp³-hybridized carbons (Fsp3) is 0.231. The van der Waals surface area contributed by atoms with Crippen LogP contribution in [0, 0.1) is 0 Å². The van der Waals surface area contributed by atoms with Gasteiger partial charge in [0.25, 0.3) is 5.91 Å². The molecular formula is C13H14N6OS. The molecule has 0 bridgehead atoms. The maximum absolute atomic E-state index is 11.8. The van der Waals surface area contributed by atoms with Crippen LogP contribution in [0.25, 0.3) is 11.0 Å². The molecule has 0 aliphatic heterocycles. The zero-order chi connectivity index (χ0) is 14.7. The zero-order valence-electron chi connectivity index (χ0n) is 11.4. The SMILES string of the molecule is Cn1ncc2c(NCCNC(=O)c3cccs3)ncnc21. The molecule has 3 heterocycles. The molecule has 0 fully saturated rings. The van der Waals surface area contributed by atoms with Crippen LogP contribution in [0.5, 0.6) is 0 Å². The highest BCUT2D eigenvalue weighted by atomic mass is 32.1.